The number of rotatable bonds is 7. The summed E-state index contributed by atoms with van der Waals surface area (Å²) in [5.74, 6) is -1.57. The lowest BCUT2D eigenvalue weighted by molar-refractivity contribution is -0.142. The van der Waals surface area contributed by atoms with Gasteiger partial charge in [0.25, 0.3) is 5.91 Å². The van der Waals surface area contributed by atoms with Crippen LogP contribution < -0.4 is 10.8 Å². The van der Waals surface area contributed by atoms with Crippen molar-refractivity contribution in [1.29, 1.82) is 5.26 Å². The third-order valence-electron chi connectivity index (χ3n) is 3.59. The lowest BCUT2D eigenvalue weighted by atomic mass is 10.1. The van der Waals surface area contributed by atoms with E-state index in [-0.39, 0.29) is 30.0 Å². The van der Waals surface area contributed by atoms with Gasteiger partial charge in [0, 0.05) is 0 Å². The fraction of sp³-hybridized carbons (Fsp3) is 0.211. The molecule has 1 amide bonds. The molecule has 27 heavy (non-hydrogen) atoms. The van der Waals surface area contributed by atoms with Gasteiger partial charge < -0.3 is 10.1 Å². The molecule has 0 unspecified atom stereocenters. The number of nitrogens with zero attached hydrogens (tertiary/aromatic N) is 1. The topological polar surface area (TPSA) is 100 Å². The number of anilines is 2. The molecule has 0 saturated heterocycles. The van der Waals surface area contributed by atoms with E-state index >= 15 is 0 Å². The van der Waals surface area contributed by atoms with Crippen LogP contribution >= 0.6 is 0 Å². The molecular weight excluding hydrogens is 353 g/mol. The number of hydrogen-bond acceptors (Lipinski definition) is 6. The quantitative estimate of drug-likeness (QED) is 0.441. The molecule has 0 spiro atoms. The van der Waals surface area contributed by atoms with E-state index in [2.05, 4.69) is 15.5 Å². The van der Waals surface area contributed by atoms with Crippen molar-refractivity contribution in [2.24, 2.45) is 0 Å². The predicted molar refractivity (Wildman–Crippen MR) is 95.6 cm³/mol. The number of carbonyl (C=O) groups excluding carboxylic acids is 2. The maximum Gasteiger partial charge on any atom is 0.307 e. The van der Waals surface area contributed by atoms with Gasteiger partial charge in [0.15, 0.2) is 0 Å². The Labute approximate surface area is 155 Å². The molecule has 140 valence electrons. The van der Waals surface area contributed by atoms with Gasteiger partial charge >= 0.3 is 5.97 Å². The first-order valence-electron chi connectivity index (χ1n) is 8.01. The number of hydroxylamine groups is 1. The van der Waals surface area contributed by atoms with Crippen LogP contribution in [-0.4, -0.2) is 25.6 Å². The molecule has 0 aliphatic rings. The van der Waals surface area contributed by atoms with E-state index in [0.717, 1.165) is 5.56 Å². The van der Waals surface area contributed by atoms with Crippen LogP contribution in [0.25, 0.3) is 0 Å². The molecule has 0 bridgehead atoms. The largest absolute Gasteiger partial charge is 0.469 e. The second kappa shape index (κ2) is 9.31. The maximum atomic E-state index is 14.1. The van der Waals surface area contributed by atoms with Gasteiger partial charge in [-0.2, -0.15) is 5.26 Å². The summed E-state index contributed by atoms with van der Waals surface area (Å²) in [4.78, 5) is 28.3. The summed E-state index contributed by atoms with van der Waals surface area (Å²) in [5, 5.41) is 11.9. The third-order valence-corrected chi connectivity index (χ3v) is 3.59. The molecule has 0 fully saturated rings. The Bertz CT molecular complexity index is 893. The molecule has 0 aliphatic carbocycles. The van der Waals surface area contributed by atoms with Crippen LogP contribution in [0.2, 0.25) is 0 Å². The number of aryl methyl sites for hydroxylation is 1. The fourth-order valence-electron chi connectivity index (χ4n) is 2.19. The van der Waals surface area contributed by atoms with Crippen molar-refractivity contribution in [2.75, 3.05) is 19.0 Å². The van der Waals surface area contributed by atoms with E-state index in [1.807, 2.05) is 6.07 Å². The number of halogens is 1. The van der Waals surface area contributed by atoms with E-state index in [0.29, 0.717) is 5.56 Å². The average molecular weight is 371 g/mol. The highest BCUT2D eigenvalue weighted by atomic mass is 19.1. The van der Waals surface area contributed by atoms with Crippen LogP contribution in [0.5, 0.6) is 0 Å². The molecule has 0 heterocycles. The van der Waals surface area contributed by atoms with Crippen molar-refractivity contribution in [3.8, 4) is 6.07 Å². The molecular formula is C19H18FN3O4. The zero-order valence-electron chi connectivity index (χ0n) is 14.8. The summed E-state index contributed by atoms with van der Waals surface area (Å²) in [5.41, 5.74) is 3.80. The van der Waals surface area contributed by atoms with E-state index < -0.39 is 17.7 Å². The number of benzene rings is 2. The summed E-state index contributed by atoms with van der Waals surface area (Å²) in [6, 6.07) is 10.9. The van der Waals surface area contributed by atoms with Crippen molar-refractivity contribution >= 4 is 23.3 Å². The monoisotopic (exact) mass is 371 g/mol. The van der Waals surface area contributed by atoms with Gasteiger partial charge in [0.05, 0.1) is 48.7 Å². The van der Waals surface area contributed by atoms with Crippen LogP contribution in [0.4, 0.5) is 15.8 Å². The minimum Gasteiger partial charge on any atom is -0.469 e. The number of carbonyl (C=O) groups is 2. The number of amides is 1. The smallest absolute Gasteiger partial charge is 0.307 e. The lowest BCUT2D eigenvalue weighted by Gasteiger charge is -2.13. The van der Waals surface area contributed by atoms with Gasteiger partial charge in [0.2, 0.25) is 0 Å². The SMILES string of the molecule is COC(=O)CCONC(=O)c1ccc(C#N)cc1Nc1ccc(C)cc1F. The van der Waals surface area contributed by atoms with Crippen LogP contribution in [0.1, 0.15) is 27.9 Å². The molecule has 0 saturated carbocycles. The molecule has 0 radical (unpaired) electrons. The highest BCUT2D eigenvalue weighted by molar-refractivity contribution is 6.00. The first-order valence-corrected chi connectivity index (χ1v) is 8.01. The number of ether oxygens (including phenoxy) is 1. The van der Waals surface area contributed by atoms with E-state index in [9.17, 15) is 14.0 Å². The first-order chi connectivity index (χ1) is 12.9. The summed E-state index contributed by atoms with van der Waals surface area (Å²) in [6.07, 6.45) is -0.0240. The highest BCUT2D eigenvalue weighted by Crippen LogP contribution is 2.25. The van der Waals surface area contributed by atoms with E-state index in [4.69, 9.17) is 10.1 Å². The number of methoxy groups -OCH3 is 1. The Morgan fingerprint density at radius 1 is 1.19 bits per heavy atom. The van der Waals surface area contributed by atoms with Crippen molar-refractivity contribution in [2.45, 2.75) is 13.3 Å². The molecule has 2 aromatic carbocycles. The maximum absolute atomic E-state index is 14.1. The summed E-state index contributed by atoms with van der Waals surface area (Å²) in [6.45, 7) is 1.69. The van der Waals surface area contributed by atoms with Gasteiger partial charge in [-0.1, -0.05) is 6.07 Å². The van der Waals surface area contributed by atoms with Gasteiger partial charge in [0.1, 0.15) is 5.82 Å². The minimum absolute atomic E-state index is 0.0240. The van der Waals surface area contributed by atoms with Crippen molar-refractivity contribution in [3.05, 3.63) is 58.9 Å². The van der Waals surface area contributed by atoms with E-state index in [1.165, 1.54) is 37.4 Å². The van der Waals surface area contributed by atoms with Crippen LogP contribution in [0, 0.1) is 24.1 Å². The zero-order chi connectivity index (χ0) is 19.8. The summed E-state index contributed by atoms with van der Waals surface area (Å²) in [7, 11) is 1.25. The van der Waals surface area contributed by atoms with Gasteiger partial charge in [-0.25, -0.2) is 9.87 Å². The summed E-state index contributed by atoms with van der Waals surface area (Å²) >= 11 is 0. The Morgan fingerprint density at radius 3 is 2.63 bits per heavy atom. The molecule has 2 rings (SSSR count). The Kier molecular flexibility index (Phi) is 6.86. The third kappa shape index (κ3) is 5.52. The van der Waals surface area contributed by atoms with Crippen molar-refractivity contribution < 1.29 is 23.6 Å². The van der Waals surface area contributed by atoms with Crippen molar-refractivity contribution in [1.82, 2.24) is 5.48 Å². The van der Waals surface area contributed by atoms with Gasteiger partial charge in [-0.05, 0) is 42.8 Å². The second-order valence-corrected chi connectivity index (χ2v) is 5.59. The summed E-state index contributed by atoms with van der Waals surface area (Å²) < 4.78 is 18.6. The first kappa shape index (κ1) is 19.9. The Hall–Kier alpha value is -3.44. The van der Waals surface area contributed by atoms with Gasteiger partial charge in [-0.15, -0.1) is 0 Å². The number of hydrogen-bond donors (Lipinski definition) is 2. The number of nitrogens with one attached hydrogen (secondary N) is 2. The highest BCUT2D eigenvalue weighted by Gasteiger charge is 2.14. The normalized spacial score (nSPS) is 10.0. The molecule has 0 atom stereocenters. The lowest BCUT2D eigenvalue weighted by Crippen LogP contribution is -2.26. The molecule has 7 nitrogen and oxygen atoms in total. The molecule has 8 heteroatoms. The fourth-order valence-corrected chi connectivity index (χ4v) is 2.19. The Morgan fingerprint density at radius 2 is 1.96 bits per heavy atom. The molecule has 2 N–H and O–H groups in total. The molecule has 0 aliphatic heterocycles. The number of nitriles is 1. The second-order valence-electron chi connectivity index (χ2n) is 5.59. The van der Waals surface area contributed by atoms with Crippen molar-refractivity contribution in [3.63, 3.8) is 0 Å². The van der Waals surface area contributed by atoms with Gasteiger partial charge in [-0.3, -0.25) is 14.4 Å². The van der Waals surface area contributed by atoms with Crippen LogP contribution in [0.15, 0.2) is 36.4 Å². The van der Waals surface area contributed by atoms with E-state index in [1.54, 1.807) is 13.0 Å². The zero-order valence-corrected chi connectivity index (χ0v) is 14.8. The minimum atomic E-state index is -0.612. The molecule has 0 aromatic heterocycles. The van der Waals surface area contributed by atoms with Crippen LogP contribution in [-0.2, 0) is 14.4 Å². The predicted octanol–water partition coefficient (Wildman–Crippen LogP) is 2.97. The van der Waals surface area contributed by atoms with Crippen LogP contribution in [0.3, 0.4) is 0 Å². The average Bonchev–Trinajstić information content (AvgIpc) is 2.66. The standard InChI is InChI=1S/C19H18FN3O4/c1-12-3-6-16(15(20)9-12)22-17-10-13(11-21)4-5-14(17)19(25)23-27-8-7-18(24)26-2/h3-6,9-10,22H,7-8H2,1-2H3,(H,23,25). The molecule has 2 aromatic rings. The number of esters is 1. The Balaban J connectivity index is 2.17.